The number of nitrogens with zero attached hydrogens (tertiary/aromatic N) is 4. The van der Waals surface area contributed by atoms with Crippen molar-refractivity contribution in [1.29, 1.82) is 0 Å². The number of benzene rings is 2. The molecular formula is C22H22ClFN4O3. The minimum atomic E-state index is -0.503. The number of amides is 2. The third kappa shape index (κ3) is 3.95. The van der Waals surface area contributed by atoms with Gasteiger partial charge in [0.15, 0.2) is 0 Å². The van der Waals surface area contributed by atoms with Crippen LogP contribution in [0, 0.1) is 5.82 Å². The maximum absolute atomic E-state index is 13.2. The molecule has 31 heavy (non-hydrogen) atoms. The first-order valence-electron chi connectivity index (χ1n) is 10.1. The van der Waals surface area contributed by atoms with E-state index >= 15 is 0 Å². The molecule has 3 aromatic rings. The number of fused-ring (bicyclic) bond motifs is 1. The van der Waals surface area contributed by atoms with Gasteiger partial charge < -0.3 is 9.80 Å². The summed E-state index contributed by atoms with van der Waals surface area (Å²) in [6, 6.07) is 11.1. The lowest BCUT2D eigenvalue weighted by Gasteiger charge is -2.35. The number of carbonyl (C=O) groups is 2. The van der Waals surface area contributed by atoms with E-state index in [4.69, 9.17) is 11.6 Å². The molecule has 0 bridgehead atoms. The maximum Gasteiger partial charge on any atom is 0.329 e. The molecule has 0 unspecified atom stereocenters. The van der Waals surface area contributed by atoms with Gasteiger partial charge in [-0.15, -0.1) is 0 Å². The van der Waals surface area contributed by atoms with Crippen molar-refractivity contribution in [2.75, 3.05) is 26.2 Å². The third-order valence-corrected chi connectivity index (χ3v) is 5.93. The van der Waals surface area contributed by atoms with E-state index in [0.29, 0.717) is 32.7 Å². The summed E-state index contributed by atoms with van der Waals surface area (Å²) >= 11 is 6.00. The molecule has 9 heteroatoms. The van der Waals surface area contributed by atoms with E-state index in [2.05, 4.69) is 0 Å². The summed E-state index contributed by atoms with van der Waals surface area (Å²) in [6.45, 7) is 3.74. The van der Waals surface area contributed by atoms with Gasteiger partial charge in [0.1, 0.15) is 12.4 Å². The molecule has 0 N–H and O–H groups in total. The number of imidazole rings is 1. The van der Waals surface area contributed by atoms with E-state index in [9.17, 15) is 18.8 Å². The first kappa shape index (κ1) is 21.1. The first-order valence-corrected chi connectivity index (χ1v) is 10.5. The smallest absolute Gasteiger partial charge is 0.329 e. The minimum absolute atomic E-state index is 0.0515. The quantitative estimate of drug-likeness (QED) is 0.621. The van der Waals surface area contributed by atoms with Gasteiger partial charge in [0.25, 0.3) is 5.91 Å². The molecule has 1 aliphatic rings. The second-order valence-corrected chi connectivity index (χ2v) is 7.81. The van der Waals surface area contributed by atoms with Gasteiger partial charge in [0.05, 0.1) is 21.6 Å². The van der Waals surface area contributed by atoms with Crippen LogP contribution in [0.3, 0.4) is 0 Å². The number of halogens is 2. The summed E-state index contributed by atoms with van der Waals surface area (Å²) in [4.78, 5) is 41.6. The molecule has 0 radical (unpaired) electrons. The topological polar surface area (TPSA) is 67.6 Å². The number of aryl methyl sites for hydroxylation is 1. The number of carbonyl (C=O) groups excluding carboxylic acids is 2. The number of hydrogen-bond acceptors (Lipinski definition) is 3. The van der Waals surface area contributed by atoms with Crippen molar-refractivity contribution in [3.05, 3.63) is 69.4 Å². The van der Waals surface area contributed by atoms with E-state index in [1.54, 1.807) is 14.4 Å². The average molecular weight is 445 g/mol. The Morgan fingerprint density at radius 2 is 1.58 bits per heavy atom. The molecule has 162 valence electrons. The van der Waals surface area contributed by atoms with Crippen molar-refractivity contribution in [1.82, 2.24) is 18.9 Å². The van der Waals surface area contributed by atoms with Crippen LogP contribution in [0.25, 0.3) is 11.0 Å². The molecule has 1 aliphatic heterocycles. The van der Waals surface area contributed by atoms with E-state index in [1.807, 2.05) is 31.2 Å². The normalized spacial score (nSPS) is 14.3. The Morgan fingerprint density at radius 3 is 2.19 bits per heavy atom. The fraction of sp³-hybridized carbons (Fsp3) is 0.318. The highest BCUT2D eigenvalue weighted by Gasteiger charge is 2.27. The fourth-order valence-corrected chi connectivity index (χ4v) is 4.21. The van der Waals surface area contributed by atoms with Crippen molar-refractivity contribution < 1.29 is 14.0 Å². The van der Waals surface area contributed by atoms with Crippen LogP contribution >= 0.6 is 11.6 Å². The van der Waals surface area contributed by atoms with Gasteiger partial charge in [0.2, 0.25) is 5.91 Å². The second-order valence-electron chi connectivity index (χ2n) is 7.40. The molecule has 4 rings (SSSR count). The highest BCUT2D eigenvalue weighted by atomic mass is 35.5. The largest absolute Gasteiger partial charge is 0.338 e. The van der Waals surface area contributed by atoms with Crippen molar-refractivity contribution in [3.63, 3.8) is 0 Å². The Morgan fingerprint density at radius 1 is 0.968 bits per heavy atom. The number of piperazine rings is 1. The van der Waals surface area contributed by atoms with Crippen LogP contribution in [-0.4, -0.2) is 56.9 Å². The second kappa shape index (κ2) is 8.55. The van der Waals surface area contributed by atoms with Crippen LogP contribution in [0.1, 0.15) is 17.3 Å². The fourth-order valence-electron chi connectivity index (χ4n) is 3.96. The maximum atomic E-state index is 13.2. The molecule has 1 saturated heterocycles. The summed E-state index contributed by atoms with van der Waals surface area (Å²) < 4.78 is 16.4. The van der Waals surface area contributed by atoms with Crippen LogP contribution < -0.4 is 5.69 Å². The Balaban J connectivity index is 1.45. The molecule has 1 fully saturated rings. The molecule has 0 atom stereocenters. The zero-order valence-corrected chi connectivity index (χ0v) is 17.8. The van der Waals surface area contributed by atoms with Gasteiger partial charge in [-0.05, 0) is 37.3 Å². The Hall–Kier alpha value is -3.13. The van der Waals surface area contributed by atoms with Gasteiger partial charge >= 0.3 is 5.69 Å². The van der Waals surface area contributed by atoms with Gasteiger partial charge in [-0.1, -0.05) is 23.7 Å². The van der Waals surface area contributed by atoms with Crippen LogP contribution in [-0.2, 0) is 17.9 Å². The summed E-state index contributed by atoms with van der Waals surface area (Å²) in [6.07, 6.45) is 0. The molecule has 7 nitrogen and oxygen atoms in total. The molecule has 0 saturated carbocycles. The predicted octanol–water partition coefficient (Wildman–Crippen LogP) is 2.60. The average Bonchev–Trinajstić information content (AvgIpc) is 3.04. The van der Waals surface area contributed by atoms with Crippen molar-refractivity contribution in [2.45, 2.75) is 20.0 Å². The van der Waals surface area contributed by atoms with Crippen molar-refractivity contribution in [2.24, 2.45) is 0 Å². The van der Waals surface area contributed by atoms with E-state index < -0.39 is 5.82 Å². The number of hydrogen-bond donors (Lipinski definition) is 0. The number of rotatable bonds is 4. The van der Waals surface area contributed by atoms with Gasteiger partial charge in [-0.25, -0.2) is 9.18 Å². The standard InChI is InChI=1S/C22H22ClFN4O3/c1-2-27-18-5-3-4-6-19(18)28(22(27)31)14-20(29)25-9-11-26(12-10-25)21(30)16-8-7-15(24)13-17(16)23/h3-8,13H,2,9-12,14H2,1H3. The number of aromatic nitrogens is 2. The first-order chi connectivity index (χ1) is 14.9. The van der Waals surface area contributed by atoms with Crippen LogP contribution in [0.5, 0.6) is 0 Å². The predicted molar refractivity (Wildman–Crippen MR) is 116 cm³/mol. The molecule has 2 amide bonds. The lowest BCUT2D eigenvalue weighted by Crippen LogP contribution is -2.51. The van der Waals surface area contributed by atoms with Gasteiger partial charge in [0, 0.05) is 32.7 Å². The molecule has 2 aromatic carbocycles. The minimum Gasteiger partial charge on any atom is -0.338 e. The van der Waals surface area contributed by atoms with E-state index in [0.717, 1.165) is 17.1 Å². The van der Waals surface area contributed by atoms with Crippen LogP contribution in [0.2, 0.25) is 5.02 Å². The Kier molecular flexibility index (Phi) is 5.82. The highest BCUT2D eigenvalue weighted by molar-refractivity contribution is 6.33. The SMILES string of the molecule is CCn1c(=O)n(CC(=O)N2CCN(C(=O)c3ccc(F)cc3Cl)CC2)c2ccccc21. The Labute approximate surface area is 183 Å². The van der Waals surface area contributed by atoms with Gasteiger partial charge in [-0.2, -0.15) is 0 Å². The van der Waals surface area contributed by atoms with Crippen LogP contribution in [0.4, 0.5) is 4.39 Å². The van der Waals surface area contributed by atoms with Crippen LogP contribution in [0.15, 0.2) is 47.3 Å². The molecule has 2 heterocycles. The molecule has 0 aliphatic carbocycles. The summed E-state index contributed by atoms with van der Waals surface area (Å²) in [5.41, 5.74) is 1.55. The summed E-state index contributed by atoms with van der Waals surface area (Å²) in [5.74, 6) is -0.969. The molecular weight excluding hydrogens is 423 g/mol. The lowest BCUT2D eigenvalue weighted by molar-refractivity contribution is -0.133. The van der Waals surface area contributed by atoms with E-state index in [1.165, 1.54) is 16.7 Å². The Bertz CT molecular complexity index is 1210. The zero-order valence-electron chi connectivity index (χ0n) is 17.1. The summed E-state index contributed by atoms with van der Waals surface area (Å²) in [5, 5.41) is 0.0650. The molecule has 1 aromatic heterocycles. The van der Waals surface area contributed by atoms with Crippen molar-refractivity contribution in [3.8, 4) is 0 Å². The monoisotopic (exact) mass is 444 g/mol. The highest BCUT2D eigenvalue weighted by Crippen LogP contribution is 2.20. The molecule has 0 spiro atoms. The number of para-hydroxylation sites is 2. The van der Waals surface area contributed by atoms with E-state index in [-0.39, 0.29) is 34.6 Å². The van der Waals surface area contributed by atoms with Gasteiger partial charge in [-0.3, -0.25) is 18.7 Å². The third-order valence-electron chi connectivity index (χ3n) is 5.62. The lowest BCUT2D eigenvalue weighted by atomic mass is 10.1. The van der Waals surface area contributed by atoms with Crippen molar-refractivity contribution >= 4 is 34.4 Å². The zero-order chi connectivity index (χ0) is 22.1. The summed E-state index contributed by atoms with van der Waals surface area (Å²) in [7, 11) is 0.